The molecule has 7 heteroatoms. The van der Waals surface area contributed by atoms with Gasteiger partial charge in [-0.2, -0.15) is 0 Å². The van der Waals surface area contributed by atoms with Crippen molar-refractivity contribution in [3.8, 4) is 11.3 Å². The number of hydrogen-bond donors (Lipinski definition) is 3. The molecule has 1 heterocycles. The van der Waals surface area contributed by atoms with E-state index in [0.717, 1.165) is 0 Å². The molecular formula is C19H14N2O4S. The Morgan fingerprint density at radius 2 is 1.73 bits per heavy atom. The molecule has 3 rings (SSSR count). The summed E-state index contributed by atoms with van der Waals surface area (Å²) in [6.45, 7) is 0. The predicted octanol–water partition coefficient (Wildman–Crippen LogP) is 3.77. The predicted molar refractivity (Wildman–Crippen MR) is 101 cm³/mol. The van der Waals surface area contributed by atoms with E-state index in [9.17, 15) is 9.59 Å². The zero-order chi connectivity index (χ0) is 18.5. The topological polar surface area (TPSA) is 91.6 Å². The summed E-state index contributed by atoms with van der Waals surface area (Å²) in [7, 11) is 0. The van der Waals surface area contributed by atoms with E-state index in [1.165, 1.54) is 6.07 Å². The Bertz CT molecular complexity index is 966. The number of carboxylic acids is 1. The molecule has 0 spiro atoms. The fourth-order valence-corrected chi connectivity index (χ4v) is 2.50. The summed E-state index contributed by atoms with van der Waals surface area (Å²) in [6, 6.07) is 18.8. The van der Waals surface area contributed by atoms with Gasteiger partial charge >= 0.3 is 5.97 Å². The molecule has 0 fully saturated rings. The molecule has 2 aromatic carbocycles. The molecule has 0 atom stereocenters. The van der Waals surface area contributed by atoms with Crippen LogP contribution in [0.5, 0.6) is 0 Å². The van der Waals surface area contributed by atoms with Crippen LogP contribution < -0.4 is 10.6 Å². The first-order valence-corrected chi connectivity index (χ1v) is 8.05. The van der Waals surface area contributed by atoms with Gasteiger partial charge in [0.05, 0.1) is 0 Å². The number of rotatable bonds is 4. The minimum atomic E-state index is -1.13. The number of anilines is 1. The largest absolute Gasteiger partial charge is 0.475 e. The Morgan fingerprint density at radius 1 is 0.962 bits per heavy atom. The van der Waals surface area contributed by atoms with Gasteiger partial charge in [0.2, 0.25) is 5.76 Å². The van der Waals surface area contributed by atoms with Gasteiger partial charge in [0.25, 0.3) is 5.91 Å². The monoisotopic (exact) mass is 366 g/mol. The Balaban J connectivity index is 1.69. The number of nitrogens with one attached hydrogen (secondary N) is 2. The number of carbonyl (C=O) groups is 2. The molecule has 0 aliphatic rings. The van der Waals surface area contributed by atoms with E-state index >= 15 is 0 Å². The van der Waals surface area contributed by atoms with Gasteiger partial charge < -0.3 is 14.8 Å². The number of carbonyl (C=O) groups excluding carboxylic acids is 1. The molecule has 0 saturated heterocycles. The van der Waals surface area contributed by atoms with Gasteiger partial charge in [0.15, 0.2) is 5.11 Å². The van der Waals surface area contributed by atoms with Crippen LogP contribution in [-0.4, -0.2) is 22.1 Å². The zero-order valence-electron chi connectivity index (χ0n) is 13.4. The van der Waals surface area contributed by atoms with Crippen molar-refractivity contribution in [2.24, 2.45) is 0 Å². The number of benzene rings is 2. The van der Waals surface area contributed by atoms with Gasteiger partial charge in [-0.15, -0.1) is 0 Å². The first-order valence-electron chi connectivity index (χ1n) is 7.64. The van der Waals surface area contributed by atoms with Crippen LogP contribution in [0.2, 0.25) is 0 Å². The maximum atomic E-state index is 12.1. The lowest BCUT2D eigenvalue weighted by atomic mass is 10.1. The number of thiocarbonyl (C=S) groups is 1. The van der Waals surface area contributed by atoms with Crippen molar-refractivity contribution in [2.75, 3.05) is 5.32 Å². The summed E-state index contributed by atoms with van der Waals surface area (Å²) in [4.78, 5) is 23.0. The third-order valence-electron chi connectivity index (χ3n) is 3.48. The van der Waals surface area contributed by atoms with Crippen LogP contribution in [0.25, 0.3) is 11.3 Å². The number of carboxylic acid groups (broad SMARTS) is 1. The molecule has 3 N–H and O–H groups in total. The quantitative estimate of drug-likeness (QED) is 0.609. The lowest BCUT2D eigenvalue weighted by Gasteiger charge is -2.10. The molecule has 130 valence electrons. The number of hydrogen-bond acceptors (Lipinski definition) is 4. The maximum Gasteiger partial charge on any atom is 0.371 e. The van der Waals surface area contributed by atoms with Gasteiger partial charge in [-0.25, -0.2) is 4.79 Å². The first-order chi connectivity index (χ1) is 12.5. The molecule has 0 unspecified atom stereocenters. The van der Waals surface area contributed by atoms with Crippen LogP contribution in [0.4, 0.5) is 5.69 Å². The Hall–Kier alpha value is -3.45. The molecule has 0 saturated carbocycles. The van der Waals surface area contributed by atoms with Crippen LogP contribution in [0.15, 0.2) is 71.1 Å². The highest BCUT2D eigenvalue weighted by atomic mass is 32.1. The molecule has 0 bridgehead atoms. The van der Waals surface area contributed by atoms with Gasteiger partial charge in [-0.05, 0) is 48.6 Å². The van der Waals surface area contributed by atoms with Gasteiger partial charge in [-0.3, -0.25) is 10.1 Å². The van der Waals surface area contributed by atoms with E-state index in [1.54, 1.807) is 54.6 Å². The van der Waals surface area contributed by atoms with E-state index < -0.39 is 5.97 Å². The second-order valence-corrected chi connectivity index (χ2v) is 5.73. The van der Waals surface area contributed by atoms with E-state index in [-0.39, 0.29) is 16.8 Å². The highest BCUT2D eigenvalue weighted by Crippen LogP contribution is 2.25. The minimum Gasteiger partial charge on any atom is -0.475 e. The molecular weight excluding hydrogens is 352 g/mol. The highest BCUT2D eigenvalue weighted by Gasteiger charge is 2.11. The molecule has 0 radical (unpaired) electrons. The minimum absolute atomic E-state index is 0.135. The fraction of sp³-hybridized carbons (Fsp3) is 0. The SMILES string of the molecule is O=C(NC(=S)Nc1cccc(-c2ccc(C(=O)O)o2)c1)c1ccccc1. The van der Waals surface area contributed by atoms with Gasteiger partial charge in [-0.1, -0.05) is 30.3 Å². The van der Waals surface area contributed by atoms with Crippen LogP contribution in [0, 0.1) is 0 Å². The zero-order valence-corrected chi connectivity index (χ0v) is 14.2. The molecule has 6 nitrogen and oxygen atoms in total. The number of furan rings is 1. The third kappa shape index (κ3) is 4.14. The van der Waals surface area contributed by atoms with Crippen molar-refractivity contribution in [1.82, 2.24) is 5.32 Å². The van der Waals surface area contributed by atoms with Crippen molar-refractivity contribution in [1.29, 1.82) is 0 Å². The molecule has 0 aliphatic carbocycles. The van der Waals surface area contributed by atoms with E-state index in [1.807, 2.05) is 6.07 Å². The van der Waals surface area contributed by atoms with Crippen molar-refractivity contribution in [3.63, 3.8) is 0 Å². The van der Waals surface area contributed by atoms with E-state index in [4.69, 9.17) is 21.7 Å². The van der Waals surface area contributed by atoms with E-state index in [2.05, 4.69) is 10.6 Å². The normalized spacial score (nSPS) is 10.2. The Kier molecular flexibility index (Phi) is 5.09. The highest BCUT2D eigenvalue weighted by molar-refractivity contribution is 7.80. The molecule has 1 amide bonds. The molecule has 0 aliphatic heterocycles. The molecule has 26 heavy (non-hydrogen) atoms. The molecule has 1 aromatic heterocycles. The van der Waals surface area contributed by atoms with Crippen LogP contribution >= 0.6 is 12.2 Å². The second kappa shape index (κ2) is 7.62. The summed E-state index contributed by atoms with van der Waals surface area (Å²) >= 11 is 5.17. The van der Waals surface area contributed by atoms with E-state index in [0.29, 0.717) is 22.6 Å². The fourth-order valence-electron chi connectivity index (χ4n) is 2.29. The summed E-state index contributed by atoms with van der Waals surface area (Å²) in [5.74, 6) is -1.15. The van der Waals surface area contributed by atoms with Crippen molar-refractivity contribution >= 4 is 34.9 Å². The van der Waals surface area contributed by atoms with Crippen molar-refractivity contribution < 1.29 is 19.1 Å². The summed E-state index contributed by atoms with van der Waals surface area (Å²) in [5, 5.41) is 14.6. The summed E-state index contributed by atoms with van der Waals surface area (Å²) in [6.07, 6.45) is 0. The number of aromatic carboxylic acids is 1. The van der Waals surface area contributed by atoms with Gasteiger partial charge in [0, 0.05) is 16.8 Å². The van der Waals surface area contributed by atoms with Crippen molar-refractivity contribution in [3.05, 3.63) is 78.1 Å². The lowest BCUT2D eigenvalue weighted by molar-refractivity contribution is 0.0663. The third-order valence-corrected chi connectivity index (χ3v) is 3.69. The van der Waals surface area contributed by atoms with Crippen molar-refractivity contribution in [2.45, 2.75) is 0 Å². The first kappa shape index (κ1) is 17.4. The Morgan fingerprint density at radius 3 is 2.42 bits per heavy atom. The summed E-state index contributed by atoms with van der Waals surface area (Å²) < 4.78 is 5.28. The maximum absolute atomic E-state index is 12.1. The van der Waals surface area contributed by atoms with Crippen LogP contribution in [-0.2, 0) is 0 Å². The van der Waals surface area contributed by atoms with Crippen LogP contribution in [0.3, 0.4) is 0 Å². The molecule has 3 aromatic rings. The van der Waals surface area contributed by atoms with Crippen LogP contribution in [0.1, 0.15) is 20.9 Å². The lowest BCUT2D eigenvalue weighted by Crippen LogP contribution is -2.34. The second-order valence-electron chi connectivity index (χ2n) is 5.32. The average molecular weight is 366 g/mol. The average Bonchev–Trinajstić information content (AvgIpc) is 3.13. The smallest absolute Gasteiger partial charge is 0.371 e. The van der Waals surface area contributed by atoms with Gasteiger partial charge in [0.1, 0.15) is 5.76 Å². The number of amides is 1. The summed E-state index contributed by atoms with van der Waals surface area (Å²) in [5.41, 5.74) is 1.82. The Labute approximate surface area is 154 Å². The standard InChI is InChI=1S/C19H14N2O4S/c22-17(12-5-2-1-3-6-12)21-19(26)20-14-8-4-7-13(11-14)15-9-10-16(25-15)18(23)24/h1-11H,(H,23,24)(H2,20,21,22,26).